The van der Waals surface area contributed by atoms with Crippen LogP contribution in [0.15, 0.2) is 58.3 Å². The molecule has 0 spiro atoms. The first-order valence-corrected chi connectivity index (χ1v) is 9.75. The Labute approximate surface area is 157 Å². The molecule has 0 aliphatic carbocycles. The third kappa shape index (κ3) is 3.72. The number of nitrogens with zero attached hydrogens (tertiary/aromatic N) is 1. The number of anilines is 2. The number of hydrogen-bond acceptors (Lipinski definition) is 5. The Bertz CT molecular complexity index is 732. The predicted molar refractivity (Wildman–Crippen MR) is 102 cm³/mol. The molecule has 1 atom stereocenters. The second-order valence-corrected chi connectivity index (χ2v) is 7.35. The van der Waals surface area contributed by atoms with Crippen molar-refractivity contribution in [2.75, 3.05) is 37.8 Å². The Balaban J connectivity index is 1.38. The molecule has 1 saturated heterocycles. The third-order valence-corrected chi connectivity index (χ3v) is 5.63. The largest absolute Gasteiger partial charge is 0.376 e. The van der Waals surface area contributed by atoms with Gasteiger partial charge in [-0.2, -0.15) is 0 Å². The van der Waals surface area contributed by atoms with E-state index in [1.807, 2.05) is 11.8 Å². The van der Waals surface area contributed by atoms with Crippen molar-refractivity contribution in [2.45, 2.75) is 22.3 Å². The SMILES string of the molecule is O=C(NCCCN1c2ccccc2Sc2ccccc21)[C@@H]1COCCO1. The average molecular weight is 370 g/mol. The highest BCUT2D eigenvalue weighted by Crippen LogP contribution is 2.47. The monoisotopic (exact) mass is 370 g/mol. The topological polar surface area (TPSA) is 50.8 Å². The summed E-state index contributed by atoms with van der Waals surface area (Å²) < 4.78 is 10.7. The molecule has 0 aromatic heterocycles. The Morgan fingerprint density at radius 1 is 1.08 bits per heavy atom. The lowest BCUT2D eigenvalue weighted by atomic mass is 10.2. The molecule has 4 rings (SSSR count). The Morgan fingerprint density at radius 3 is 2.42 bits per heavy atom. The molecule has 1 fully saturated rings. The van der Waals surface area contributed by atoms with Gasteiger partial charge in [0.05, 0.1) is 31.2 Å². The summed E-state index contributed by atoms with van der Waals surface area (Å²) in [5.41, 5.74) is 2.46. The lowest BCUT2D eigenvalue weighted by Crippen LogP contribution is -2.43. The van der Waals surface area contributed by atoms with Gasteiger partial charge < -0.3 is 19.7 Å². The van der Waals surface area contributed by atoms with Crippen LogP contribution in [0.25, 0.3) is 0 Å². The van der Waals surface area contributed by atoms with Crippen LogP contribution in [0, 0.1) is 0 Å². The second kappa shape index (κ2) is 8.12. The van der Waals surface area contributed by atoms with Crippen LogP contribution in [0.5, 0.6) is 0 Å². The molecule has 5 nitrogen and oxygen atoms in total. The second-order valence-electron chi connectivity index (χ2n) is 6.27. The number of hydrogen-bond donors (Lipinski definition) is 1. The zero-order valence-corrected chi connectivity index (χ0v) is 15.3. The number of ether oxygens (including phenoxy) is 2. The molecular weight excluding hydrogens is 348 g/mol. The standard InChI is InChI=1S/C20H22N2O3S/c23-20(17-14-24-12-13-25-17)21-10-5-11-22-15-6-1-3-8-18(15)26-19-9-4-2-7-16(19)22/h1-4,6-9,17H,5,10-14H2,(H,21,23)/t17-/m0/s1. The molecule has 2 aromatic carbocycles. The van der Waals surface area contributed by atoms with Gasteiger partial charge in [0.25, 0.3) is 5.91 Å². The van der Waals surface area contributed by atoms with Gasteiger partial charge in [0.2, 0.25) is 0 Å². The van der Waals surface area contributed by atoms with Crippen molar-refractivity contribution in [1.82, 2.24) is 5.32 Å². The van der Waals surface area contributed by atoms with Crippen LogP contribution >= 0.6 is 11.8 Å². The molecule has 0 unspecified atom stereocenters. The molecule has 1 N–H and O–H groups in total. The maximum atomic E-state index is 12.1. The van der Waals surface area contributed by atoms with E-state index in [9.17, 15) is 4.79 Å². The van der Waals surface area contributed by atoms with E-state index in [2.05, 4.69) is 58.7 Å². The van der Waals surface area contributed by atoms with Gasteiger partial charge in [-0.3, -0.25) is 4.79 Å². The van der Waals surface area contributed by atoms with Crippen molar-refractivity contribution in [1.29, 1.82) is 0 Å². The average Bonchev–Trinajstić information content (AvgIpc) is 2.71. The van der Waals surface area contributed by atoms with E-state index in [1.54, 1.807) is 0 Å². The molecule has 6 heteroatoms. The number of carbonyl (C=O) groups excluding carboxylic acids is 1. The molecule has 2 aliphatic heterocycles. The van der Waals surface area contributed by atoms with E-state index in [4.69, 9.17) is 9.47 Å². The van der Waals surface area contributed by atoms with Crippen molar-refractivity contribution in [2.24, 2.45) is 0 Å². The van der Waals surface area contributed by atoms with Gasteiger partial charge in [-0.15, -0.1) is 0 Å². The van der Waals surface area contributed by atoms with Crippen LogP contribution in [-0.2, 0) is 14.3 Å². The Morgan fingerprint density at radius 2 is 1.77 bits per heavy atom. The summed E-state index contributed by atoms with van der Waals surface area (Å²) in [5.74, 6) is -0.0836. The van der Waals surface area contributed by atoms with Gasteiger partial charge in [-0.1, -0.05) is 36.0 Å². The summed E-state index contributed by atoms with van der Waals surface area (Å²) in [6.07, 6.45) is 0.378. The fraction of sp³-hybridized carbons (Fsp3) is 0.350. The quantitative estimate of drug-likeness (QED) is 0.819. The first-order valence-electron chi connectivity index (χ1n) is 8.93. The van der Waals surface area contributed by atoms with Gasteiger partial charge in [0.1, 0.15) is 0 Å². The highest BCUT2D eigenvalue weighted by Gasteiger charge is 2.24. The van der Waals surface area contributed by atoms with Crippen LogP contribution in [0.3, 0.4) is 0 Å². The Hall–Kier alpha value is -2.02. The van der Waals surface area contributed by atoms with E-state index >= 15 is 0 Å². The molecule has 0 bridgehead atoms. The molecule has 1 amide bonds. The zero-order valence-electron chi connectivity index (χ0n) is 14.5. The summed E-state index contributed by atoms with van der Waals surface area (Å²) in [7, 11) is 0. The number of fused-ring (bicyclic) bond motifs is 2. The highest BCUT2D eigenvalue weighted by molar-refractivity contribution is 7.99. The maximum absolute atomic E-state index is 12.1. The van der Waals surface area contributed by atoms with E-state index in [0.29, 0.717) is 26.4 Å². The summed E-state index contributed by atoms with van der Waals surface area (Å²) in [6, 6.07) is 16.9. The molecular formula is C20H22N2O3S. The van der Waals surface area contributed by atoms with E-state index in [-0.39, 0.29) is 5.91 Å². The van der Waals surface area contributed by atoms with Crippen molar-refractivity contribution in [3.8, 4) is 0 Å². The van der Waals surface area contributed by atoms with Crippen molar-refractivity contribution >= 4 is 29.0 Å². The lowest BCUT2D eigenvalue weighted by molar-refractivity contribution is -0.147. The molecule has 2 aliphatic rings. The van der Waals surface area contributed by atoms with E-state index < -0.39 is 6.10 Å². The fourth-order valence-electron chi connectivity index (χ4n) is 3.22. The van der Waals surface area contributed by atoms with Crippen molar-refractivity contribution < 1.29 is 14.3 Å². The molecule has 136 valence electrons. The van der Waals surface area contributed by atoms with Crippen LogP contribution < -0.4 is 10.2 Å². The molecule has 26 heavy (non-hydrogen) atoms. The number of rotatable bonds is 5. The molecule has 0 saturated carbocycles. The normalized spacial score (nSPS) is 18.8. The highest BCUT2D eigenvalue weighted by atomic mass is 32.2. The maximum Gasteiger partial charge on any atom is 0.251 e. The number of amides is 1. The minimum Gasteiger partial charge on any atom is -0.376 e. The summed E-state index contributed by atoms with van der Waals surface area (Å²) >= 11 is 1.81. The fourth-order valence-corrected chi connectivity index (χ4v) is 4.32. The number of benzene rings is 2. The molecule has 2 heterocycles. The van der Waals surface area contributed by atoms with Crippen molar-refractivity contribution in [3.05, 3.63) is 48.5 Å². The number of carbonyl (C=O) groups is 1. The van der Waals surface area contributed by atoms with E-state index in [1.165, 1.54) is 21.2 Å². The van der Waals surface area contributed by atoms with Gasteiger partial charge in [-0.25, -0.2) is 0 Å². The lowest BCUT2D eigenvalue weighted by Gasteiger charge is -2.32. The summed E-state index contributed by atoms with van der Waals surface area (Å²) in [6.45, 7) is 2.85. The third-order valence-electron chi connectivity index (χ3n) is 4.50. The van der Waals surface area contributed by atoms with Gasteiger partial charge >= 0.3 is 0 Å². The van der Waals surface area contributed by atoms with Gasteiger partial charge in [-0.05, 0) is 30.7 Å². The van der Waals surface area contributed by atoms with Gasteiger partial charge in [0.15, 0.2) is 6.10 Å². The van der Waals surface area contributed by atoms with Gasteiger partial charge in [0, 0.05) is 22.9 Å². The summed E-state index contributed by atoms with van der Waals surface area (Å²) in [4.78, 5) is 17.0. The van der Waals surface area contributed by atoms with E-state index in [0.717, 1.165) is 13.0 Å². The summed E-state index contributed by atoms with van der Waals surface area (Å²) in [5, 5.41) is 2.96. The Kier molecular flexibility index (Phi) is 5.43. The van der Waals surface area contributed by atoms with Crippen LogP contribution in [-0.4, -0.2) is 44.9 Å². The number of para-hydroxylation sites is 2. The van der Waals surface area contributed by atoms with Crippen molar-refractivity contribution in [3.63, 3.8) is 0 Å². The molecule has 0 radical (unpaired) electrons. The van der Waals surface area contributed by atoms with Crippen LogP contribution in [0.4, 0.5) is 11.4 Å². The number of nitrogens with one attached hydrogen (secondary N) is 1. The minimum absolute atomic E-state index is 0.0836. The smallest absolute Gasteiger partial charge is 0.251 e. The van der Waals surface area contributed by atoms with Crippen LogP contribution in [0.2, 0.25) is 0 Å². The minimum atomic E-state index is -0.475. The predicted octanol–water partition coefficient (Wildman–Crippen LogP) is 3.21. The first kappa shape index (κ1) is 17.4. The molecule has 2 aromatic rings. The first-order chi connectivity index (χ1) is 12.8. The van der Waals surface area contributed by atoms with Crippen LogP contribution in [0.1, 0.15) is 6.42 Å². The zero-order chi connectivity index (χ0) is 17.8.